The van der Waals surface area contributed by atoms with Crippen molar-refractivity contribution in [3.63, 3.8) is 0 Å². The highest BCUT2D eigenvalue weighted by molar-refractivity contribution is 14.1. The predicted octanol–water partition coefficient (Wildman–Crippen LogP) is 5.15. The molecule has 0 fully saturated rings. The first-order chi connectivity index (χ1) is 11.4. The number of carbonyl (C=O) groups excluding carboxylic acids is 1. The molecule has 1 N–H and O–H groups in total. The van der Waals surface area contributed by atoms with Gasteiger partial charge in [-0.15, -0.1) is 0 Å². The zero-order chi connectivity index (χ0) is 19.0. The summed E-state index contributed by atoms with van der Waals surface area (Å²) in [6, 6.07) is 5.04. The monoisotopic (exact) mass is 467 g/mol. The summed E-state index contributed by atoms with van der Waals surface area (Å²) >= 11 is 1.92. The fraction of sp³-hybridized carbons (Fsp3) is 0.375. The molecule has 5 nitrogen and oxygen atoms in total. The van der Waals surface area contributed by atoms with E-state index in [1.807, 2.05) is 22.6 Å². The van der Waals surface area contributed by atoms with E-state index < -0.39 is 23.4 Å². The van der Waals surface area contributed by atoms with Crippen molar-refractivity contribution in [3.8, 4) is 5.69 Å². The van der Waals surface area contributed by atoms with Gasteiger partial charge in [0.1, 0.15) is 5.60 Å². The van der Waals surface area contributed by atoms with Crippen LogP contribution < -0.4 is 5.32 Å². The van der Waals surface area contributed by atoms with Gasteiger partial charge >= 0.3 is 12.3 Å². The van der Waals surface area contributed by atoms with E-state index in [4.69, 9.17) is 4.74 Å². The van der Waals surface area contributed by atoms with Crippen LogP contribution in [-0.2, 0) is 10.9 Å². The lowest BCUT2D eigenvalue weighted by molar-refractivity contribution is -0.137. The lowest BCUT2D eigenvalue weighted by Crippen LogP contribution is -2.28. The van der Waals surface area contributed by atoms with E-state index in [-0.39, 0.29) is 11.5 Å². The van der Waals surface area contributed by atoms with Gasteiger partial charge in [-0.05, 0) is 62.4 Å². The van der Waals surface area contributed by atoms with Crippen molar-refractivity contribution >= 4 is 34.5 Å². The molecule has 0 radical (unpaired) electrons. The van der Waals surface area contributed by atoms with Crippen molar-refractivity contribution in [2.75, 3.05) is 5.32 Å². The molecule has 2 rings (SSSR count). The topological polar surface area (TPSA) is 56.2 Å². The van der Waals surface area contributed by atoms with Gasteiger partial charge in [-0.3, -0.25) is 5.32 Å². The number of rotatable bonds is 2. The number of amides is 1. The fourth-order valence-electron chi connectivity index (χ4n) is 2.09. The minimum Gasteiger partial charge on any atom is -0.444 e. The molecule has 1 aromatic heterocycles. The number of alkyl halides is 3. The molecule has 0 bridgehead atoms. The van der Waals surface area contributed by atoms with Gasteiger partial charge in [0.2, 0.25) is 0 Å². The van der Waals surface area contributed by atoms with Gasteiger partial charge in [-0.2, -0.15) is 18.3 Å². The van der Waals surface area contributed by atoms with Crippen LogP contribution in [0.15, 0.2) is 24.3 Å². The molecule has 0 aliphatic carbocycles. The summed E-state index contributed by atoms with van der Waals surface area (Å²) in [7, 11) is 0. The number of nitrogens with one attached hydrogen (secondary N) is 1. The second kappa shape index (κ2) is 6.85. The standard InChI is InChI=1S/C16H17F3IN3O2/c1-9-12(20)13(21-14(24)25-15(2,3)4)23(22-9)11-8-6-5-7-10(11)16(17,18)19/h5-8H,1-4H3,(H,21,24). The third-order valence-corrected chi connectivity index (χ3v) is 4.34. The second-order valence-electron chi connectivity index (χ2n) is 6.30. The number of aryl methyl sites for hydroxylation is 1. The number of anilines is 1. The first-order valence-electron chi connectivity index (χ1n) is 7.32. The smallest absolute Gasteiger partial charge is 0.418 e. The molecule has 0 aliphatic heterocycles. The van der Waals surface area contributed by atoms with Gasteiger partial charge in [-0.1, -0.05) is 12.1 Å². The molecule has 0 aliphatic rings. The molecule has 0 unspecified atom stereocenters. The average Bonchev–Trinajstić information content (AvgIpc) is 2.72. The highest BCUT2D eigenvalue weighted by atomic mass is 127. The Morgan fingerprint density at radius 3 is 2.40 bits per heavy atom. The molecule has 0 saturated heterocycles. The Labute approximate surface area is 156 Å². The van der Waals surface area contributed by atoms with Crippen molar-refractivity contribution in [1.82, 2.24) is 9.78 Å². The minimum atomic E-state index is -4.55. The zero-order valence-corrected chi connectivity index (χ0v) is 16.2. The number of aromatic nitrogens is 2. The summed E-state index contributed by atoms with van der Waals surface area (Å²) in [4.78, 5) is 12.1. The fourth-order valence-corrected chi connectivity index (χ4v) is 2.56. The Morgan fingerprint density at radius 1 is 1.24 bits per heavy atom. The van der Waals surface area contributed by atoms with Crippen LogP contribution in [0.4, 0.5) is 23.8 Å². The van der Waals surface area contributed by atoms with Crippen LogP contribution in [0.3, 0.4) is 0 Å². The molecular formula is C16H17F3IN3O2. The maximum Gasteiger partial charge on any atom is 0.418 e. The Balaban J connectivity index is 2.52. The maximum atomic E-state index is 13.3. The first kappa shape index (κ1) is 19.5. The highest BCUT2D eigenvalue weighted by Crippen LogP contribution is 2.36. The Hall–Kier alpha value is -1.78. The van der Waals surface area contributed by atoms with E-state index in [0.29, 0.717) is 9.26 Å². The van der Waals surface area contributed by atoms with Crippen LogP contribution in [0.2, 0.25) is 0 Å². The largest absolute Gasteiger partial charge is 0.444 e. The number of para-hydroxylation sites is 1. The third kappa shape index (κ3) is 4.65. The van der Waals surface area contributed by atoms with Crippen molar-refractivity contribution in [2.24, 2.45) is 0 Å². The minimum absolute atomic E-state index is 0.129. The van der Waals surface area contributed by atoms with E-state index in [9.17, 15) is 18.0 Å². The van der Waals surface area contributed by atoms with Gasteiger partial charge in [0.25, 0.3) is 0 Å². The van der Waals surface area contributed by atoms with Crippen LogP contribution >= 0.6 is 22.6 Å². The number of hydrogen-bond donors (Lipinski definition) is 1. The summed E-state index contributed by atoms with van der Waals surface area (Å²) in [6.45, 7) is 6.73. The Morgan fingerprint density at radius 2 is 1.84 bits per heavy atom. The third-order valence-electron chi connectivity index (χ3n) is 3.04. The quantitative estimate of drug-likeness (QED) is 0.622. The van der Waals surface area contributed by atoms with Gasteiger partial charge in [-0.25, -0.2) is 9.48 Å². The molecule has 0 atom stereocenters. The molecule has 1 heterocycles. The summed E-state index contributed by atoms with van der Waals surface area (Å²) in [5, 5.41) is 6.64. The SMILES string of the molecule is Cc1nn(-c2ccccc2C(F)(F)F)c(NC(=O)OC(C)(C)C)c1I. The zero-order valence-electron chi connectivity index (χ0n) is 14.0. The molecule has 0 spiro atoms. The number of carbonyl (C=O) groups is 1. The van der Waals surface area contributed by atoms with Crippen LogP contribution in [-0.4, -0.2) is 21.5 Å². The summed E-state index contributed by atoms with van der Waals surface area (Å²) < 4.78 is 46.7. The van der Waals surface area contributed by atoms with Gasteiger partial charge in [0.05, 0.1) is 20.5 Å². The highest BCUT2D eigenvalue weighted by Gasteiger charge is 2.35. The lowest BCUT2D eigenvalue weighted by atomic mass is 10.1. The van der Waals surface area contributed by atoms with E-state index >= 15 is 0 Å². The maximum absolute atomic E-state index is 13.3. The second-order valence-corrected chi connectivity index (χ2v) is 7.38. The molecule has 136 valence electrons. The van der Waals surface area contributed by atoms with Gasteiger partial charge in [0, 0.05) is 0 Å². The summed E-state index contributed by atoms with van der Waals surface area (Å²) in [5.74, 6) is 0.129. The lowest BCUT2D eigenvalue weighted by Gasteiger charge is -2.20. The van der Waals surface area contributed by atoms with Crippen molar-refractivity contribution < 1.29 is 22.7 Å². The average molecular weight is 467 g/mol. The van der Waals surface area contributed by atoms with E-state index in [1.165, 1.54) is 18.2 Å². The van der Waals surface area contributed by atoms with E-state index in [0.717, 1.165) is 10.7 Å². The van der Waals surface area contributed by atoms with Crippen LogP contribution in [0, 0.1) is 10.5 Å². The number of ether oxygens (including phenoxy) is 1. The molecule has 0 saturated carbocycles. The van der Waals surface area contributed by atoms with Crippen LogP contribution in [0.1, 0.15) is 32.0 Å². The Kier molecular flexibility index (Phi) is 5.35. The van der Waals surface area contributed by atoms with E-state index in [1.54, 1.807) is 27.7 Å². The molecule has 1 aromatic carbocycles. The van der Waals surface area contributed by atoms with Crippen LogP contribution in [0.25, 0.3) is 5.69 Å². The van der Waals surface area contributed by atoms with E-state index in [2.05, 4.69) is 10.4 Å². The molecule has 1 amide bonds. The predicted molar refractivity (Wildman–Crippen MR) is 95.9 cm³/mol. The number of nitrogens with zero attached hydrogens (tertiary/aromatic N) is 2. The molecule has 2 aromatic rings. The number of hydrogen-bond acceptors (Lipinski definition) is 3. The first-order valence-corrected chi connectivity index (χ1v) is 8.40. The van der Waals surface area contributed by atoms with Gasteiger partial charge in [0.15, 0.2) is 5.82 Å². The van der Waals surface area contributed by atoms with Crippen molar-refractivity contribution in [2.45, 2.75) is 39.5 Å². The molecule has 9 heteroatoms. The molecular weight excluding hydrogens is 450 g/mol. The summed E-state index contributed by atoms with van der Waals surface area (Å²) in [6.07, 6.45) is -5.32. The van der Waals surface area contributed by atoms with Crippen molar-refractivity contribution in [3.05, 3.63) is 39.1 Å². The van der Waals surface area contributed by atoms with Gasteiger partial charge < -0.3 is 4.74 Å². The summed E-state index contributed by atoms with van der Waals surface area (Å²) in [5.41, 5.74) is -1.27. The molecule has 25 heavy (non-hydrogen) atoms. The number of halogens is 4. The van der Waals surface area contributed by atoms with Crippen molar-refractivity contribution in [1.29, 1.82) is 0 Å². The van der Waals surface area contributed by atoms with Crippen LogP contribution in [0.5, 0.6) is 0 Å². The number of benzene rings is 1. The normalized spacial score (nSPS) is 12.2. The Bertz CT molecular complexity index is 795.